The van der Waals surface area contributed by atoms with Gasteiger partial charge in [-0.05, 0) is 22.3 Å². The van der Waals surface area contributed by atoms with Gasteiger partial charge in [0.1, 0.15) is 11.0 Å². The van der Waals surface area contributed by atoms with Gasteiger partial charge >= 0.3 is 0 Å². The summed E-state index contributed by atoms with van der Waals surface area (Å²) in [5.74, 6) is 0. The van der Waals surface area contributed by atoms with Crippen molar-refractivity contribution in [2.45, 2.75) is 20.9 Å². The second kappa shape index (κ2) is 5.50. The van der Waals surface area contributed by atoms with Crippen molar-refractivity contribution < 1.29 is 4.74 Å². The molecular weight excluding hydrogens is 387 g/mol. The second-order valence-corrected chi connectivity index (χ2v) is 8.60. The third-order valence-corrected chi connectivity index (χ3v) is 7.37. The second-order valence-electron chi connectivity index (χ2n) is 6.78. The largest absolute Gasteiger partial charge is 0.345 e. The zero-order chi connectivity index (χ0) is 18.0. The van der Waals surface area contributed by atoms with Crippen LogP contribution in [0, 0.1) is 0 Å². The third-order valence-electron chi connectivity index (χ3n) is 5.55. The molecule has 0 aliphatic carbocycles. The average Bonchev–Trinajstić information content (AvgIpc) is 3.11. The number of hydrogen-bond donors (Lipinski definition) is 0. The van der Waals surface area contributed by atoms with Gasteiger partial charge in [0, 0.05) is 0 Å². The minimum atomic E-state index is -1.33. The summed E-state index contributed by atoms with van der Waals surface area (Å²) >= 11 is 20.9. The van der Waals surface area contributed by atoms with Gasteiger partial charge in [-0.2, -0.15) is 0 Å². The Morgan fingerprint density at radius 1 is 0.654 bits per heavy atom. The summed E-state index contributed by atoms with van der Waals surface area (Å²) in [7, 11) is 0. The lowest BCUT2D eigenvalue weighted by molar-refractivity contribution is -0.0414. The van der Waals surface area contributed by atoms with Crippen LogP contribution < -0.4 is 0 Å². The first-order valence-electron chi connectivity index (χ1n) is 8.48. The van der Waals surface area contributed by atoms with Gasteiger partial charge in [-0.1, -0.05) is 108 Å². The molecule has 26 heavy (non-hydrogen) atoms. The molecule has 3 atom stereocenters. The molecule has 0 spiro atoms. The third kappa shape index (κ3) is 1.78. The van der Waals surface area contributed by atoms with Crippen LogP contribution in [0.5, 0.6) is 0 Å². The first-order valence-corrected chi connectivity index (χ1v) is 9.67. The molecule has 0 saturated carbocycles. The number of rotatable bonds is 2. The van der Waals surface area contributed by atoms with Crippen LogP contribution in [-0.2, 0) is 15.9 Å². The first-order chi connectivity index (χ1) is 12.5. The van der Waals surface area contributed by atoms with Crippen LogP contribution in [0.4, 0.5) is 0 Å². The molecule has 3 aromatic carbocycles. The number of ether oxygens (including phenoxy) is 1. The summed E-state index contributed by atoms with van der Waals surface area (Å²) in [5, 5.41) is -0.657. The summed E-state index contributed by atoms with van der Waals surface area (Å²) in [4.78, 5) is 0. The molecule has 2 aliphatic rings. The minimum absolute atomic E-state index is 0.657. The van der Waals surface area contributed by atoms with Crippen LogP contribution in [-0.4, -0.2) is 9.71 Å². The lowest BCUT2D eigenvalue weighted by atomic mass is 9.71. The van der Waals surface area contributed by atoms with E-state index in [4.69, 9.17) is 39.5 Å². The molecule has 2 heterocycles. The van der Waals surface area contributed by atoms with Gasteiger partial charge in [-0.25, -0.2) is 0 Å². The van der Waals surface area contributed by atoms with Crippen molar-refractivity contribution in [1.29, 1.82) is 0 Å². The van der Waals surface area contributed by atoms with Crippen molar-refractivity contribution in [1.82, 2.24) is 0 Å². The van der Waals surface area contributed by atoms with E-state index in [1.54, 1.807) is 0 Å². The molecule has 0 radical (unpaired) electrons. The Morgan fingerprint density at radius 2 is 1.15 bits per heavy atom. The smallest absolute Gasteiger partial charge is 0.175 e. The summed E-state index contributed by atoms with van der Waals surface area (Å²) in [6.45, 7) is 0. The maximum Gasteiger partial charge on any atom is 0.175 e. The zero-order valence-electron chi connectivity index (χ0n) is 13.7. The Hall–Kier alpha value is -1.51. The van der Waals surface area contributed by atoms with Crippen LogP contribution in [0.15, 0.2) is 84.9 Å². The fourth-order valence-corrected chi connectivity index (χ4v) is 5.71. The van der Waals surface area contributed by atoms with Gasteiger partial charge in [0.15, 0.2) is 9.93 Å². The Morgan fingerprint density at radius 3 is 1.77 bits per heavy atom. The Balaban J connectivity index is 1.89. The molecule has 0 aromatic heterocycles. The normalized spacial score (nSPS) is 31.0. The molecule has 1 saturated heterocycles. The molecule has 2 aliphatic heterocycles. The summed E-state index contributed by atoms with van der Waals surface area (Å²) < 4.78 is 5.49. The van der Waals surface area contributed by atoms with E-state index in [-0.39, 0.29) is 0 Å². The fraction of sp³-hybridized carbons (Fsp3) is 0.182. The molecule has 1 nitrogen and oxygen atoms in total. The van der Waals surface area contributed by atoms with Crippen molar-refractivity contribution in [3.8, 4) is 0 Å². The van der Waals surface area contributed by atoms with Gasteiger partial charge in [-0.15, -0.1) is 11.6 Å². The number of fused-ring (bicyclic) bond motifs is 5. The van der Waals surface area contributed by atoms with Crippen LogP contribution in [0.25, 0.3) is 0 Å². The lowest BCUT2D eigenvalue weighted by Crippen LogP contribution is -2.49. The van der Waals surface area contributed by atoms with Crippen LogP contribution in [0.1, 0.15) is 22.3 Å². The zero-order valence-corrected chi connectivity index (χ0v) is 16.0. The van der Waals surface area contributed by atoms with Gasteiger partial charge in [0.2, 0.25) is 0 Å². The van der Waals surface area contributed by atoms with Crippen molar-refractivity contribution in [2.75, 3.05) is 0 Å². The van der Waals surface area contributed by atoms with Gasteiger partial charge in [-0.3, -0.25) is 0 Å². The van der Waals surface area contributed by atoms with E-state index in [1.165, 1.54) is 0 Å². The summed E-state index contributed by atoms with van der Waals surface area (Å²) in [5.41, 5.74) is 1.91. The Labute approximate surface area is 167 Å². The molecule has 2 bridgehead atoms. The quantitative estimate of drug-likeness (QED) is 0.479. The van der Waals surface area contributed by atoms with Gasteiger partial charge in [0.05, 0.1) is 0 Å². The average molecular weight is 402 g/mol. The van der Waals surface area contributed by atoms with E-state index >= 15 is 0 Å². The Bertz CT molecular complexity index is 973. The number of alkyl halides is 3. The molecular formula is C22H15Cl3O. The van der Waals surface area contributed by atoms with E-state index in [2.05, 4.69) is 6.07 Å². The van der Waals surface area contributed by atoms with Crippen LogP contribution in [0.2, 0.25) is 0 Å². The monoisotopic (exact) mass is 400 g/mol. The van der Waals surface area contributed by atoms with Crippen LogP contribution in [0.3, 0.4) is 0 Å². The molecule has 1 fully saturated rings. The predicted octanol–water partition coefficient (Wildman–Crippen LogP) is 6.00. The topological polar surface area (TPSA) is 9.23 Å². The fourth-order valence-electron chi connectivity index (χ4n) is 4.46. The van der Waals surface area contributed by atoms with E-state index in [1.807, 2.05) is 78.9 Å². The molecule has 4 heteroatoms. The maximum atomic E-state index is 6.98. The molecule has 5 rings (SSSR count). The van der Waals surface area contributed by atoms with E-state index in [0.717, 1.165) is 22.3 Å². The molecule has 0 unspecified atom stereocenters. The number of benzene rings is 3. The van der Waals surface area contributed by atoms with Crippen molar-refractivity contribution in [3.63, 3.8) is 0 Å². The van der Waals surface area contributed by atoms with E-state index in [0.29, 0.717) is 0 Å². The van der Waals surface area contributed by atoms with E-state index in [9.17, 15) is 0 Å². The number of halogens is 3. The molecule has 3 aromatic rings. The van der Waals surface area contributed by atoms with Crippen LogP contribution >= 0.6 is 34.8 Å². The highest BCUT2D eigenvalue weighted by Gasteiger charge is 2.77. The number of hydrogen-bond acceptors (Lipinski definition) is 1. The van der Waals surface area contributed by atoms with Gasteiger partial charge in [0.25, 0.3) is 0 Å². The molecule has 130 valence electrons. The standard InChI is InChI=1S/C22H15Cl3O/c23-19-20(15-9-3-1-4-10-15)17-13-7-8-14-18(17)21(26-20,22(19,24)25)16-11-5-2-6-12-16/h1-14,19H/t19-,20+,21+/m1/s1. The SMILES string of the molecule is Cl[C@H]1C(Cl)(Cl)[C@@]2(c3ccccc3)O[C@@]1(c1ccccc1)c1ccccc12. The summed E-state index contributed by atoms with van der Waals surface area (Å²) in [6.07, 6.45) is 0. The van der Waals surface area contributed by atoms with E-state index < -0.39 is 20.9 Å². The minimum Gasteiger partial charge on any atom is -0.345 e. The highest BCUT2D eigenvalue weighted by atomic mass is 35.5. The molecule has 0 amide bonds. The first kappa shape index (κ1) is 16.6. The van der Waals surface area contributed by atoms with Gasteiger partial charge < -0.3 is 4.74 Å². The van der Waals surface area contributed by atoms with Crippen molar-refractivity contribution in [2.24, 2.45) is 0 Å². The Kier molecular flexibility index (Phi) is 3.52. The maximum absolute atomic E-state index is 6.98. The highest BCUT2D eigenvalue weighted by Crippen LogP contribution is 2.72. The van der Waals surface area contributed by atoms with Crippen molar-refractivity contribution >= 4 is 34.8 Å². The molecule has 0 N–H and O–H groups in total. The summed E-state index contributed by atoms with van der Waals surface area (Å²) in [6, 6.07) is 27.9. The lowest BCUT2D eigenvalue weighted by Gasteiger charge is -2.40. The highest BCUT2D eigenvalue weighted by molar-refractivity contribution is 6.54. The predicted molar refractivity (Wildman–Crippen MR) is 106 cm³/mol. The van der Waals surface area contributed by atoms with Crippen molar-refractivity contribution in [3.05, 3.63) is 107 Å².